The largest absolute Gasteiger partial charge is 0.346 e. The van der Waals surface area contributed by atoms with Gasteiger partial charge in [-0.15, -0.1) is 0 Å². The lowest BCUT2D eigenvalue weighted by atomic mass is 9.69. The summed E-state index contributed by atoms with van der Waals surface area (Å²) in [5.41, 5.74) is 0.379. The molecule has 2 amide bonds. The van der Waals surface area contributed by atoms with Crippen molar-refractivity contribution in [1.82, 2.24) is 10.6 Å². The zero-order valence-corrected chi connectivity index (χ0v) is 13.6. The fourth-order valence-electron chi connectivity index (χ4n) is 2.89. The lowest BCUT2D eigenvalue weighted by Gasteiger charge is -2.39. The number of carbonyl (C=O) groups excluding carboxylic acids is 2. The van der Waals surface area contributed by atoms with E-state index in [1.807, 2.05) is 13.8 Å². The molecule has 116 valence electrons. The van der Waals surface area contributed by atoms with Crippen molar-refractivity contribution in [2.24, 2.45) is 11.3 Å². The molecule has 0 aromatic carbocycles. The Hall–Kier alpha value is -1.06. The molecule has 1 aliphatic rings. The Bertz CT molecular complexity index is 342. The van der Waals surface area contributed by atoms with E-state index < -0.39 is 11.8 Å². The van der Waals surface area contributed by atoms with Gasteiger partial charge in [-0.3, -0.25) is 9.59 Å². The summed E-state index contributed by atoms with van der Waals surface area (Å²) in [5, 5.41) is 5.49. The van der Waals surface area contributed by atoms with Gasteiger partial charge in [0.05, 0.1) is 0 Å². The number of carbonyl (C=O) groups is 2. The van der Waals surface area contributed by atoms with E-state index in [-0.39, 0.29) is 12.1 Å². The second-order valence-electron chi connectivity index (χ2n) is 6.99. The highest BCUT2D eigenvalue weighted by atomic mass is 16.2. The molecule has 0 aliphatic heterocycles. The monoisotopic (exact) mass is 282 g/mol. The molecule has 0 atom stereocenters. The van der Waals surface area contributed by atoms with Gasteiger partial charge in [0, 0.05) is 12.1 Å². The number of hydrogen-bond acceptors (Lipinski definition) is 2. The van der Waals surface area contributed by atoms with Crippen LogP contribution >= 0.6 is 0 Å². The minimum atomic E-state index is -0.518. The second-order valence-corrected chi connectivity index (χ2v) is 6.99. The van der Waals surface area contributed by atoms with Crippen LogP contribution in [-0.2, 0) is 9.59 Å². The van der Waals surface area contributed by atoms with Crippen LogP contribution in [-0.4, -0.2) is 23.9 Å². The Balaban J connectivity index is 2.39. The van der Waals surface area contributed by atoms with Crippen LogP contribution in [0.25, 0.3) is 0 Å². The summed E-state index contributed by atoms with van der Waals surface area (Å²) in [6.45, 7) is 10.6. The van der Waals surface area contributed by atoms with E-state index in [0.29, 0.717) is 5.41 Å². The average molecular weight is 282 g/mol. The zero-order chi connectivity index (χ0) is 15.3. The maximum absolute atomic E-state index is 11.8. The molecule has 0 aromatic rings. The van der Waals surface area contributed by atoms with Gasteiger partial charge in [0.1, 0.15) is 0 Å². The highest BCUT2D eigenvalue weighted by molar-refractivity contribution is 6.35. The predicted octanol–water partition coefficient (Wildman–Crippen LogP) is 2.62. The van der Waals surface area contributed by atoms with Gasteiger partial charge < -0.3 is 10.6 Å². The van der Waals surface area contributed by atoms with Crippen molar-refractivity contribution in [3.05, 3.63) is 0 Å². The third-order valence-corrected chi connectivity index (χ3v) is 4.70. The standard InChI is InChI=1S/C16H30N2O2/c1-6-16(4,5)12-7-9-13(10-8-12)18-15(20)14(19)17-11(2)3/h11-13H,6-10H2,1-5H3,(H,17,19)(H,18,20). The first-order valence-electron chi connectivity index (χ1n) is 7.87. The first-order chi connectivity index (χ1) is 9.26. The molecule has 1 aliphatic carbocycles. The van der Waals surface area contributed by atoms with E-state index in [1.54, 1.807) is 0 Å². The van der Waals surface area contributed by atoms with E-state index in [0.717, 1.165) is 31.6 Å². The molecule has 1 rings (SSSR count). The first kappa shape index (κ1) is 17.0. The zero-order valence-electron chi connectivity index (χ0n) is 13.6. The van der Waals surface area contributed by atoms with Gasteiger partial charge in [-0.05, 0) is 50.9 Å². The molecule has 4 heteroatoms. The van der Waals surface area contributed by atoms with E-state index in [2.05, 4.69) is 31.4 Å². The number of hydrogen-bond donors (Lipinski definition) is 2. The van der Waals surface area contributed by atoms with Crippen molar-refractivity contribution in [3.63, 3.8) is 0 Å². The highest BCUT2D eigenvalue weighted by Crippen LogP contribution is 2.40. The van der Waals surface area contributed by atoms with Gasteiger partial charge in [0.25, 0.3) is 0 Å². The fraction of sp³-hybridized carbons (Fsp3) is 0.875. The van der Waals surface area contributed by atoms with Gasteiger partial charge in [-0.1, -0.05) is 27.2 Å². The van der Waals surface area contributed by atoms with Gasteiger partial charge in [-0.25, -0.2) is 0 Å². The van der Waals surface area contributed by atoms with Crippen LogP contribution in [0.2, 0.25) is 0 Å². The Morgan fingerprint density at radius 2 is 1.65 bits per heavy atom. The van der Waals surface area contributed by atoms with E-state index in [4.69, 9.17) is 0 Å². The highest BCUT2D eigenvalue weighted by Gasteiger charge is 2.32. The van der Waals surface area contributed by atoms with E-state index >= 15 is 0 Å². The van der Waals surface area contributed by atoms with Crippen LogP contribution in [0.5, 0.6) is 0 Å². The lowest BCUT2D eigenvalue weighted by Crippen LogP contribution is -2.47. The molecular weight excluding hydrogens is 252 g/mol. The molecule has 0 spiro atoms. The summed E-state index contributed by atoms with van der Waals surface area (Å²) >= 11 is 0. The van der Waals surface area contributed by atoms with Crippen molar-refractivity contribution in [2.45, 2.75) is 78.8 Å². The van der Waals surface area contributed by atoms with Gasteiger partial charge in [0.15, 0.2) is 0 Å². The number of amides is 2. The smallest absolute Gasteiger partial charge is 0.309 e. The fourth-order valence-corrected chi connectivity index (χ4v) is 2.89. The Morgan fingerprint density at radius 3 is 2.10 bits per heavy atom. The van der Waals surface area contributed by atoms with Crippen molar-refractivity contribution in [3.8, 4) is 0 Å². The molecule has 0 unspecified atom stereocenters. The summed E-state index contributed by atoms with van der Waals surface area (Å²) in [5.74, 6) is -0.280. The van der Waals surface area contributed by atoms with E-state index in [9.17, 15) is 9.59 Å². The molecule has 1 saturated carbocycles. The maximum atomic E-state index is 11.8. The van der Waals surface area contributed by atoms with Crippen LogP contribution in [0.4, 0.5) is 0 Å². The van der Waals surface area contributed by atoms with Gasteiger partial charge >= 0.3 is 11.8 Å². The quantitative estimate of drug-likeness (QED) is 0.779. The predicted molar refractivity (Wildman–Crippen MR) is 81.2 cm³/mol. The molecule has 0 radical (unpaired) electrons. The molecule has 0 bridgehead atoms. The molecule has 0 saturated heterocycles. The van der Waals surface area contributed by atoms with Crippen molar-refractivity contribution in [1.29, 1.82) is 0 Å². The third kappa shape index (κ3) is 4.80. The minimum absolute atomic E-state index is 0.00524. The molecule has 4 nitrogen and oxygen atoms in total. The lowest BCUT2D eigenvalue weighted by molar-refractivity contribution is -0.140. The summed E-state index contributed by atoms with van der Waals surface area (Å²) in [6.07, 6.45) is 5.42. The van der Waals surface area contributed by atoms with Crippen LogP contribution in [0, 0.1) is 11.3 Å². The Kier molecular flexibility index (Phi) is 6.03. The Labute approximate surface area is 123 Å². The van der Waals surface area contributed by atoms with Crippen LogP contribution in [0.15, 0.2) is 0 Å². The topological polar surface area (TPSA) is 58.2 Å². The van der Waals surface area contributed by atoms with Crippen molar-refractivity contribution >= 4 is 11.8 Å². The van der Waals surface area contributed by atoms with Crippen LogP contribution in [0.1, 0.15) is 66.7 Å². The SMILES string of the molecule is CCC(C)(C)C1CCC(NC(=O)C(=O)NC(C)C)CC1. The number of nitrogens with one attached hydrogen (secondary N) is 2. The summed E-state index contributed by atoms with van der Waals surface area (Å²) in [6, 6.07) is 0.152. The summed E-state index contributed by atoms with van der Waals surface area (Å²) in [4.78, 5) is 23.3. The molecule has 1 fully saturated rings. The molecule has 0 heterocycles. The molecule has 2 N–H and O–H groups in total. The molecule has 0 aromatic heterocycles. The van der Waals surface area contributed by atoms with Gasteiger partial charge in [-0.2, -0.15) is 0 Å². The average Bonchev–Trinajstić information content (AvgIpc) is 2.38. The van der Waals surface area contributed by atoms with Gasteiger partial charge in [0.2, 0.25) is 0 Å². The normalized spacial score (nSPS) is 23.5. The maximum Gasteiger partial charge on any atom is 0.309 e. The summed E-state index contributed by atoms with van der Waals surface area (Å²) in [7, 11) is 0. The van der Waals surface area contributed by atoms with Crippen LogP contribution < -0.4 is 10.6 Å². The molecule has 20 heavy (non-hydrogen) atoms. The van der Waals surface area contributed by atoms with Crippen LogP contribution in [0.3, 0.4) is 0 Å². The summed E-state index contributed by atoms with van der Waals surface area (Å²) < 4.78 is 0. The third-order valence-electron chi connectivity index (χ3n) is 4.70. The minimum Gasteiger partial charge on any atom is -0.346 e. The Morgan fingerprint density at radius 1 is 1.10 bits per heavy atom. The van der Waals surface area contributed by atoms with E-state index in [1.165, 1.54) is 6.42 Å². The molecular formula is C16H30N2O2. The second kappa shape index (κ2) is 7.09. The number of rotatable bonds is 4. The first-order valence-corrected chi connectivity index (χ1v) is 7.87. The van der Waals surface area contributed by atoms with Crippen molar-refractivity contribution < 1.29 is 9.59 Å². The van der Waals surface area contributed by atoms with Crippen molar-refractivity contribution in [2.75, 3.05) is 0 Å².